The third kappa shape index (κ3) is 2.88. The summed E-state index contributed by atoms with van der Waals surface area (Å²) in [6.45, 7) is 9.49. The monoisotopic (exact) mass is 368 g/mol. The predicted molar refractivity (Wildman–Crippen MR) is 107 cm³/mol. The maximum Gasteiger partial charge on any atom is 0.335 e. The van der Waals surface area contributed by atoms with Crippen LogP contribution in [0.5, 0.6) is 0 Å². The Morgan fingerprint density at radius 3 is 2.04 bits per heavy atom. The van der Waals surface area contributed by atoms with Crippen LogP contribution in [0.3, 0.4) is 0 Å². The lowest BCUT2D eigenvalue weighted by Gasteiger charge is -2.68. The topological polar surface area (TPSA) is 43.8 Å². The van der Waals surface area contributed by atoms with Crippen LogP contribution in [0.1, 0.15) is 62.7 Å². The number of anilines is 1. The molecule has 1 saturated heterocycles. The quantitative estimate of drug-likeness (QED) is 0.866. The minimum absolute atomic E-state index is 0.368. The lowest BCUT2D eigenvalue weighted by atomic mass is 9.42. The van der Waals surface area contributed by atoms with Gasteiger partial charge in [-0.1, -0.05) is 13.8 Å². The number of aromatic carboxylic acids is 1. The highest BCUT2D eigenvalue weighted by Gasteiger charge is 2.61. The maximum atomic E-state index is 11.1. The van der Waals surface area contributed by atoms with Gasteiger partial charge < -0.3 is 10.0 Å². The smallest absolute Gasteiger partial charge is 0.335 e. The number of rotatable bonds is 3. The van der Waals surface area contributed by atoms with E-state index >= 15 is 0 Å². The number of carbonyl (C=O) groups is 1. The minimum Gasteiger partial charge on any atom is -0.478 e. The second kappa shape index (κ2) is 5.73. The van der Waals surface area contributed by atoms with Gasteiger partial charge in [-0.15, -0.1) is 0 Å². The summed E-state index contributed by atoms with van der Waals surface area (Å²) in [7, 11) is 0. The molecule has 146 valence electrons. The molecule has 5 fully saturated rings. The Labute approximate surface area is 162 Å². The van der Waals surface area contributed by atoms with Gasteiger partial charge in [0.05, 0.1) is 5.56 Å². The van der Waals surface area contributed by atoms with Crippen LogP contribution >= 0.6 is 0 Å². The molecule has 0 amide bonds. The standard InChI is InChI=1S/C23H32N2O2/c1-21-11-17-12-22(2,14-21)16-23(13-17,15-21)25-9-7-24(8-10-25)19-5-3-18(4-6-19)20(26)27/h3-6,17H,7-16H2,1-2H3,(H,26,27). The summed E-state index contributed by atoms with van der Waals surface area (Å²) in [6.07, 6.45) is 8.58. The molecule has 6 rings (SSSR count). The first-order valence-electron chi connectivity index (χ1n) is 10.6. The van der Waals surface area contributed by atoms with Gasteiger partial charge in [0, 0.05) is 37.4 Å². The molecular formula is C23H32N2O2. The van der Waals surface area contributed by atoms with Gasteiger partial charge in [0.25, 0.3) is 0 Å². The van der Waals surface area contributed by atoms with E-state index in [0.717, 1.165) is 37.8 Å². The summed E-state index contributed by atoms with van der Waals surface area (Å²) >= 11 is 0. The number of hydrogen-bond donors (Lipinski definition) is 1. The van der Waals surface area contributed by atoms with Crippen molar-refractivity contribution in [3.8, 4) is 0 Å². The highest BCUT2D eigenvalue weighted by atomic mass is 16.4. The van der Waals surface area contributed by atoms with E-state index in [9.17, 15) is 4.79 Å². The van der Waals surface area contributed by atoms with Gasteiger partial charge in [0.1, 0.15) is 0 Å². The normalized spacial score (nSPS) is 41.1. The van der Waals surface area contributed by atoms with Crippen molar-refractivity contribution in [2.45, 2.75) is 57.9 Å². The Bertz CT molecular complexity index is 732. The van der Waals surface area contributed by atoms with Gasteiger partial charge >= 0.3 is 5.97 Å². The van der Waals surface area contributed by atoms with Crippen molar-refractivity contribution in [2.75, 3.05) is 31.1 Å². The highest BCUT2D eigenvalue weighted by Crippen LogP contribution is 2.67. The van der Waals surface area contributed by atoms with E-state index in [1.54, 1.807) is 12.1 Å². The van der Waals surface area contributed by atoms with Crippen molar-refractivity contribution in [1.29, 1.82) is 0 Å². The van der Waals surface area contributed by atoms with Crippen molar-refractivity contribution in [3.63, 3.8) is 0 Å². The fourth-order valence-electron chi connectivity index (χ4n) is 7.99. The Kier molecular flexibility index (Phi) is 3.72. The van der Waals surface area contributed by atoms with Crippen LogP contribution in [-0.4, -0.2) is 47.7 Å². The van der Waals surface area contributed by atoms with Gasteiger partial charge in [-0.25, -0.2) is 4.79 Å². The van der Waals surface area contributed by atoms with Gasteiger partial charge in [-0.05, 0) is 79.5 Å². The first-order valence-corrected chi connectivity index (χ1v) is 10.6. The van der Waals surface area contributed by atoms with E-state index in [0.29, 0.717) is 21.9 Å². The molecule has 1 aliphatic heterocycles. The van der Waals surface area contributed by atoms with Crippen LogP contribution in [0, 0.1) is 16.7 Å². The Morgan fingerprint density at radius 1 is 0.926 bits per heavy atom. The van der Waals surface area contributed by atoms with Crippen molar-refractivity contribution in [3.05, 3.63) is 29.8 Å². The number of nitrogens with zero attached hydrogens (tertiary/aromatic N) is 2. The number of hydrogen-bond acceptors (Lipinski definition) is 3. The zero-order valence-electron chi connectivity index (χ0n) is 16.7. The zero-order valence-corrected chi connectivity index (χ0v) is 16.7. The first kappa shape index (κ1) is 17.5. The van der Waals surface area contributed by atoms with E-state index in [4.69, 9.17) is 5.11 Å². The summed E-state index contributed by atoms with van der Waals surface area (Å²) in [6, 6.07) is 7.38. The van der Waals surface area contributed by atoms with Gasteiger partial charge in [-0.2, -0.15) is 0 Å². The number of benzene rings is 1. The third-order valence-corrected chi connectivity index (χ3v) is 8.03. The maximum absolute atomic E-state index is 11.1. The van der Waals surface area contributed by atoms with Crippen molar-refractivity contribution >= 4 is 11.7 Å². The number of carboxylic acid groups (broad SMARTS) is 1. The van der Waals surface area contributed by atoms with Crippen LogP contribution in [0.25, 0.3) is 0 Å². The second-order valence-corrected chi connectivity index (χ2v) is 10.7. The van der Waals surface area contributed by atoms with Crippen LogP contribution in [0.4, 0.5) is 5.69 Å². The molecule has 5 aliphatic rings. The molecule has 1 aromatic rings. The molecule has 27 heavy (non-hydrogen) atoms. The van der Waals surface area contributed by atoms with E-state index < -0.39 is 5.97 Å². The Hall–Kier alpha value is -1.55. The molecule has 0 aromatic heterocycles. The minimum atomic E-state index is -0.852. The molecule has 1 N–H and O–H groups in total. The number of carboxylic acids is 1. The highest BCUT2D eigenvalue weighted by molar-refractivity contribution is 5.88. The molecular weight excluding hydrogens is 336 g/mol. The Morgan fingerprint density at radius 2 is 1.52 bits per heavy atom. The van der Waals surface area contributed by atoms with Crippen LogP contribution < -0.4 is 4.90 Å². The SMILES string of the molecule is CC12CC3CC(C)(C1)CC(N1CCN(c4ccc(C(=O)O)cc4)CC1)(C3)C2. The van der Waals surface area contributed by atoms with E-state index in [2.05, 4.69) is 23.6 Å². The third-order valence-electron chi connectivity index (χ3n) is 8.03. The van der Waals surface area contributed by atoms with Gasteiger partial charge in [0.15, 0.2) is 0 Å². The fourth-order valence-corrected chi connectivity index (χ4v) is 7.99. The molecule has 0 radical (unpaired) electrons. The molecule has 1 heterocycles. The summed E-state index contributed by atoms with van der Waals surface area (Å²) in [5, 5.41) is 9.09. The second-order valence-electron chi connectivity index (χ2n) is 10.7. The van der Waals surface area contributed by atoms with Crippen molar-refractivity contribution in [1.82, 2.24) is 4.90 Å². The summed E-state index contributed by atoms with van der Waals surface area (Å²) in [5.74, 6) is 0.0908. The summed E-state index contributed by atoms with van der Waals surface area (Å²) in [4.78, 5) is 16.3. The molecule has 4 heteroatoms. The first-order chi connectivity index (χ1) is 12.8. The largest absolute Gasteiger partial charge is 0.478 e. The van der Waals surface area contributed by atoms with Crippen LogP contribution in [0.2, 0.25) is 0 Å². The van der Waals surface area contributed by atoms with Gasteiger partial charge in [0.2, 0.25) is 0 Å². The Balaban J connectivity index is 1.30. The predicted octanol–water partition coefficient (Wildman–Crippen LogP) is 4.26. The van der Waals surface area contributed by atoms with Crippen molar-refractivity contribution in [2.24, 2.45) is 16.7 Å². The van der Waals surface area contributed by atoms with E-state index in [1.165, 1.54) is 38.5 Å². The lowest BCUT2D eigenvalue weighted by molar-refractivity contribution is -0.162. The molecule has 4 saturated carbocycles. The fraction of sp³-hybridized carbons (Fsp3) is 0.696. The molecule has 4 nitrogen and oxygen atoms in total. The average molecular weight is 369 g/mol. The zero-order chi connectivity index (χ0) is 18.9. The number of piperazine rings is 1. The van der Waals surface area contributed by atoms with Gasteiger partial charge in [-0.3, -0.25) is 4.90 Å². The molecule has 2 unspecified atom stereocenters. The molecule has 4 aliphatic carbocycles. The molecule has 1 aromatic carbocycles. The molecule has 0 spiro atoms. The van der Waals surface area contributed by atoms with Crippen LogP contribution in [0.15, 0.2) is 24.3 Å². The van der Waals surface area contributed by atoms with E-state index in [1.807, 2.05) is 12.1 Å². The summed E-state index contributed by atoms with van der Waals surface area (Å²) in [5.41, 5.74) is 3.11. The van der Waals surface area contributed by atoms with Crippen molar-refractivity contribution < 1.29 is 9.90 Å². The van der Waals surface area contributed by atoms with Crippen LogP contribution in [-0.2, 0) is 0 Å². The summed E-state index contributed by atoms with van der Waals surface area (Å²) < 4.78 is 0. The average Bonchev–Trinajstić information content (AvgIpc) is 2.59. The molecule has 4 bridgehead atoms. The van der Waals surface area contributed by atoms with E-state index in [-0.39, 0.29) is 0 Å². The lowest BCUT2D eigenvalue weighted by Crippen LogP contribution is -2.67. The molecule has 2 atom stereocenters.